The number of epoxide rings is 1. The standard InChI is InChI=1S/C25H22O5/c26-24-20-8-4-5-9-21(20)25(28-13-12-27-15-19-16-29-19)22-11-10-18(14-23(22)24)30-17-6-2-1-3-7-17/h1-11,14,19,26H,12-13,15-16H2. The van der Waals surface area contributed by atoms with Crippen molar-refractivity contribution in [3.8, 4) is 23.0 Å². The first-order valence-electron chi connectivity index (χ1n) is 10.0. The van der Waals surface area contributed by atoms with Crippen molar-refractivity contribution >= 4 is 21.5 Å². The summed E-state index contributed by atoms with van der Waals surface area (Å²) in [6, 6.07) is 22.9. The molecule has 152 valence electrons. The topological polar surface area (TPSA) is 60.5 Å². The number of ether oxygens (including phenoxy) is 4. The lowest BCUT2D eigenvalue weighted by Gasteiger charge is -2.16. The molecule has 0 bridgehead atoms. The summed E-state index contributed by atoms with van der Waals surface area (Å²) in [5.41, 5.74) is 0. The van der Waals surface area contributed by atoms with Crippen LogP contribution in [0, 0.1) is 0 Å². The van der Waals surface area contributed by atoms with Crippen LogP contribution in [0.5, 0.6) is 23.0 Å². The predicted octanol–water partition coefficient (Wildman–Crippen LogP) is 5.29. The van der Waals surface area contributed by atoms with Gasteiger partial charge in [-0.15, -0.1) is 0 Å². The highest BCUT2D eigenvalue weighted by molar-refractivity contribution is 6.11. The van der Waals surface area contributed by atoms with E-state index in [4.69, 9.17) is 18.9 Å². The van der Waals surface area contributed by atoms with Gasteiger partial charge in [-0.3, -0.25) is 0 Å². The van der Waals surface area contributed by atoms with Crippen LogP contribution in [0.3, 0.4) is 0 Å². The Bertz CT molecular complexity index is 1170. The van der Waals surface area contributed by atoms with E-state index in [0.29, 0.717) is 31.0 Å². The average molecular weight is 402 g/mol. The van der Waals surface area contributed by atoms with Gasteiger partial charge < -0.3 is 24.1 Å². The van der Waals surface area contributed by atoms with Gasteiger partial charge in [0.25, 0.3) is 0 Å². The Morgan fingerprint density at radius 3 is 2.33 bits per heavy atom. The molecule has 0 radical (unpaired) electrons. The number of phenolic OH excluding ortho intramolecular Hbond substituents is 1. The van der Waals surface area contributed by atoms with Gasteiger partial charge in [-0.1, -0.05) is 42.5 Å². The molecule has 4 aromatic rings. The molecule has 1 aliphatic heterocycles. The number of fused-ring (bicyclic) bond motifs is 2. The van der Waals surface area contributed by atoms with Crippen molar-refractivity contribution in [1.29, 1.82) is 0 Å². The van der Waals surface area contributed by atoms with Gasteiger partial charge in [0.15, 0.2) is 0 Å². The van der Waals surface area contributed by atoms with Crippen LogP contribution in [0.15, 0.2) is 72.8 Å². The number of rotatable bonds is 8. The fraction of sp³-hybridized carbons (Fsp3) is 0.200. The highest BCUT2D eigenvalue weighted by atomic mass is 16.6. The van der Waals surface area contributed by atoms with Crippen molar-refractivity contribution in [3.05, 3.63) is 72.8 Å². The van der Waals surface area contributed by atoms with Crippen LogP contribution < -0.4 is 9.47 Å². The minimum Gasteiger partial charge on any atom is -0.507 e. The van der Waals surface area contributed by atoms with E-state index in [1.807, 2.05) is 72.8 Å². The second kappa shape index (κ2) is 8.22. The summed E-state index contributed by atoms with van der Waals surface area (Å²) in [6.07, 6.45) is 0.239. The first-order chi connectivity index (χ1) is 14.8. The van der Waals surface area contributed by atoms with E-state index in [0.717, 1.165) is 34.3 Å². The molecule has 0 saturated carbocycles. The molecule has 0 amide bonds. The molecule has 0 aliphatic carbocycles. The summed E-state index contributed by atoms with van der Waals surface area (Å²) in [5.74, 6) is 2.34. The molecule has 0 aromatic heterocycles. The first kappa shape index (κ1) is 18.7. The van der Waals surface area contributed by atoms with Gasteiger partial charge in [0.05, 0.1) is 19.8 Å². The molecule has 1 unspecified atom stereocenters. The van der Waals surface area contributed by atoms with Crippen molar-refractivity contribution < 1.29 is 24.1 Å². The lowest BCUT2D eigenvalue weighted by molar-refractivity contribution is 0.0887. The molecule has 1 heterocycles. The number of phenols is 1. The summed E-state index contributed by atoms with van der Waals surface area (Å²) < 4.78 is 22.8. The van der Waals surface area contributed by atoms with Crippen molar-refractivity contribution in [2.45, 2.75) is 6.10 Å². The van der Waals surface area contributed by atoms with Crippen LogP contribution in [0.25, 0.3) is 21.5 Å². The summed E-state index contributed by atoms with van der Waals surface area (Å²) >= 11 is 0. The maximum Gasteiger partial charge on any atom is 0.135 e. The van der Waals surface area contributed by atoms with Crippen LogP contribution in [0.2, 0.25) is 0 Å². The van der Waals surface area contributed by atoms with Crippen molar-refractivity contribution in [3.63, 3.8) is 0 Å². The second-order valence-corrected chi connectivity index (χ2v) is 7.22. The second-order valence-electron chi connectivity index (χ2n) is 7.22. The van der Waals surface area contributed by atoms with Gasteiger partial charge in [-0.05, 0) is 30.3 Å². The summed E-state index contributed by atoms with van der Waals surface area (Å²) in [6.45, 7) is 2.27. The Labute approximate surface area is 174 Å². The molecule has 0 spiro atoms. The summed E-state index contributed by atoms with van der Waals surface area (Å²) in [7, 11) is 0. The lowest BCUT2D eigenvalue weighted by Crippen LogP contribution is -2.10. The van der Waals surface area contributed by atoms with Crippen molar-refractivity contribution in [2.75, 3.05) is 26.4 Å². The highest BCUT2D eigenvalue weighted by Gasteiger charge is 2.22. The number of benzene rings is 4. The molecule has 5 heteroatoms. The molecule has 1 N–H and O–H groups in total. The van der Waals surface area contributed by atoms with Gasteiger partial charge in [0.1, 0.15) is 35.7 Å². The Balaban J connectivity index is 1.48. The summed E-state index contributed by atoms with van der Waals surface area (Å²) in [4.78, 5) is 0. The third-order valence-corrected chi connectivity index (χ3v) is 5.08. The number of hydrogen-bond acceptors (Lipinski definition) is 5. The van der Waals surface area contributed by atoms with Gasteiger partial charge >= 0.3 is 0 Å². The molecule has 5 rings (SSSR count). The number of aromatic hydroxyl groups is 1. The molecular formula is C25H22O5. The molecule has 30 heavy (non-hydrogen) atoms. The van der Waals surface area contributed by atoms with Crippen LogP contribution in [0.1, 0.15) is 0 Å². The van der Waals surface area contributed by atoms with E-state index in [2.05, 4.69) is 0 Å². The van der Waals surface area contributed by atoms with E-state index in [1.165, 1.54) is 0 Å². The van der Waals surface area contributed by atoms with Gasteiger partial charge in [-0.25, -0.2) is 0 Å². The van der Waals surface area contributed by atoms with Crippen LogP contribution >= 0.6 is 0 Å². The molecule has 1 fully saturated rings. The first-order valence-corrected chi connectivity index (χ1v) is 10.0. The molecule has 1 aliphatic rings. The van der Waals surface area contributed by atoms with Crippen LogP contribution in [0.4, 0.5) is 0 Å². The molecular weight excluding hydrogens is 380 g/mol. The molecule has 1 saturated heterocycles. The fourth-order valence-corrected chi connectivity index (χ4v) is 3.52. The third kappa shape index (κ3) is 3.90. The molecule has 5 nitrogen and oxygen atoms in total. The van der Waals surface area contributed by atoms with Crippen LogP contribution in [-0.4, -0.2) is 37.6 Å². The van der Waals surface area contributed by atoms with E-state index in [1.54, 1.807) is 0 Å². The zero-order chi connectivity index (χ0) is 20.3. The normalized spacial score (nSPS) is 15.4. The number of para-hydroxylation sites is 1. The number of hydrogen-bond donors (Lipinski definition) is 1. The maximum atomic E-state index is 11.0. The lowest BCUT2D eigenvalue weighted by atomic mass is 10.0. The fourth-order valence-electron chi connectivity index (χ4n) is 3.52. The van der Waals surface area contributed by atoms with Gasteiger partial charge in [0, 0.05) is 21.5 Å². The monoisotopic (exact) mass is 402 g/mol. The minimum atomic E-state index is 0.216. The zero-order valence-corrected chi connectivity index (χ0v) is 16.4. The van der Waals surface area contributed by atoms with E-state index < -0.39 is 0 Å². The van der Waals surface area contributed by atoms with Gasteiger partial charge in [0.2, 0.25) is 0 Å². The highest BCUT2D eigenvalue weighted by Crippen LogP contribution is 2.43. The van der Waals surface area contributed by atoms with E-state index in [-0.39, 0.29) is 11.9 Å². The Hall–Kier alpha value is -3.28. The van der Waals surface area contributed by atoms with E-state index in [9.17, 15) is 5.11 Å². The molecule has 1 atom stereocenters. The SMILES string of the molecule is Oc1c2ccccc2c(OCCOCC2CO2)c2ccc(Oc3ccccc3)cc12. The van der Waals surface area contributed by atoms with Crippen molar-refractivity contribution in [1.82, 2.24) is 0 Å². The quantitative estimate of drug-likeness (QED) is 0.247. The Morgan fingerprint density at radius 1 is 0.800 bits per heavy atom. The van der Waals surface area contributed by atoms with Crippen LogP contribution in [-0.2, 0) is 9.47 Å². The zero-order valence-electron chi connectivity index (χ0n) is 16.4. The van der Waals surface area contributed by atoms with Gasteiger partial charge in [-0.2, -0.15) is 0 Å². The molecule has 4 aromatic carbocycles. The predicted molar refractivity (Wildman–Crippen MR) is 116 cm³/mol. The summed E-state index contributed by atoms with van der Waals surface area (Å²) in [5, 5.41) is 14.1. The average Bonchev–Trinajstić information content (AvgIpc) is 3.61. The Kier molecular flexibility index (Phi) is 5.13. The smallest absolute Gasteiger partial charge is 0.135 e. The largest absolute Gasteiger partial charge is 0.507 e. The van der Waals surface area contributed by atoms with Crippen molar-refractivity contribution in [2.24, 2.45) is 0 Å². The maximum absolute atomic E-state index is 11.0. The minimum absolute atomic E-state index is 0.216. The Morgan fingerprint density at radius 2 is 1.53 bits per heavy atom. The van der Waals surface area contributed by atoms with E-state index >= 15 is 0 Å². The third-order valence-electron chi connectivity index (χ3n) is 5.08.